The Morgan fingerprint density at radius 2 is 2.28 bits per heavy atom. The summed E-state index contributed by atoms with van der Waals surface area (Å²) in [5.74, 6) is 0. The lowest BCUT2D eigenvalue weighted by Crippen LogP contribution is -2.23. The molecule has 4 rings (SSSR count). The first-order valence-electron chi connectivity index (χ1n) is 6.26. The number of fused-ring (bicyclic) bond motifs is 1. The van der Waals surface area contributed by atoms with Crippen LogP contribution in [0, 0.1) is 0 Å². The van der Waals surface area contributed by atoms with Gasteiger partial charge in [0.15, 0.2) is 0 Å². The van der Waals surface area contributed by atoms with Crippen LogP contribution in [0.5, 0.6) is 0 Å². The minimum atomic E-state index is -0.273. The number of H-pyrrole nitrogens is 1. The SMILES string of the molecule is C1=C[SH](c2ccnc3[nH]ccc23)C2=C1CNCC2. The van der Waals surface area contributed by atoms with Crippen LogP contribution in [0.15, 0.2) is 51.4 Å². The van der Waals surface area contributed by atoms with Crippen LogP contribution in [0.2, 0.25) is 0 Å². The lowest BCUT2D eigenvalue weighted by atomic mass is 10.1. The molecule has 0 spiro atoms. The van der Waals surface area contributed by atoms with Gasteiger partial charge in [0.1, 0.15) is 5.65 Å². The Morgan fingerprint density at radius 1 is 1.28 bits per heavy atom. The van der Waals surface area contributed by atoms with Gasteiger partial charge in [0, 0.05) is 29.2 Å². The number of nitrogens with one attached hydrogen (secondary N) is 2. The van der Waals surface area contributed by atoms with E-state index in [9.17, 15) is 0 Å². The number of pyridine rings is 1. The smallest absolute Gasteiger partial charge is 0.138 e. The molecule has 92 valence electrons. The van der Waals surface area contributed by atoms with E-state index in [1.165, 1.54) is 22.3 Å². The van der Waals surface area contributed by atoms with Gasteiger partial charge in [-0.1, -0.05) is 6.08 Å². The molecule has 1 unspecified atom stereocenters. The summed E-state index contributed by atoms with van der Waals surface area (Å²) < 4.78 is 0. The molecular weight excluding hydrogens is 242 g/mol. The van der Waals surface area contributed by atoms with Gasteiger partial charge in [-0.15, -0.1) is 0 Å². The van der Waals surface area contributed by atoms with Gasteiger partial charge in [0.2, 0.25) is 0 Å². The third-order valence-electron chi connectivity index (χ3n) is 3.64. The number of aromatic nitrogens is 2. The summed E-state index contributed by atoms with van der Waals surface area (Å²) in [6.45, 7) is 2.15. The van der Waals surface area contributed by atoms with E-state index >= 15 is 0 Å². The topological polar surface area (TPSA) is 40.7 Å². The van der Waals surface area contributed by atoms with Crippen LogP contribution in [0.25, 0.3) is 11.0 Å². The number of aromatic amines is 1. The third kappa shape index (κ3) is 1.46. The van der Waals surface area contributed by atoms with Gasteiger partial charge in [-0.2, -0.15) is 10.9 Å². The van der Waals surface area contributed by atoms with Crippen LogP contribution in [0.1, 0.15) is 6.42 Å². The quantitative estimate of drug-likeness (QED) is 0.687. The van der Waals surface area contributed by atoms with E-state index in [4.69, 9.17) is 0 Å². The summed E-state index contributed by atoms with van der Waals surface area (Å²) in [5, 5.41) is 7.12. The first kappa shape index (κ1) is 10.4. The molecule has 0 amide bonds. The maximum atomic E-state index is 4.38. The highest BCUT2D eigenvalue weighted by Crippen LogP contribution is 2.54. The zero-order valence-corrected chi connectivity index (χ0v) is 10.9. The molecule has 0 bridgehead atoms. The fourth-order valence-electron chi connectivity index (χ4n) is 2.76. The first-order chi connectivity index (χ1) is 8.93. The van der Waals surface area contributed by atoms with Crippen molar-refractivity contribution in [2.75, 3.05) is 13.1 Å². The summed E-state index contributed by atoms with van der Waals surface area (Å²) in [4.78, 5) is 10.7. The second-order valence-corrected chi connectivity index (χ2v) is 6.71. The molecule has 0 aromatic carbocycles. The molecule has 2 N–H and O–H groups in total. The van der Waals surface area contributed by atoms with Crippen molar-refractivity contribution in [3.63, 3.8) is 0 Å². The molecule has 2 aromatic rings. The molecule has 2 aromatic heterocycles. The lowest BCUT2D eigenvalue weighted by Gasteiger charge is -2.24. The molecule has 0 saturated carbocycles. The molecular formula is C14H15N3S. The zero-order chi connectivity index (χ0) is 11.9. The molecule has 2 aliphatic heterocycles. The van der Waals surface area contributed by atoms with E-state index in [1.807, 2.05) is 12.4 Å². The first-order valence-corrected chi connectivity index (χ1v) is 7.67. The van der Waals surface area contributed by atoms with Gasteiger partial charge in [0.05, 0.1) is 0 Å². The number of nitrogens with zero attached hydrogens (tertiary/aromatic N) is 1. The van der Waals surface area contributed by atoms with Crippen LogP contribution in [0.3, 0.4) is 0 Å². The lowest BCUT2D eigenvalue weighted by molar-refractivity contribution is 0.707. The molecule has 0 saturated heterocycles. The highest BCUT2D eigenvalue weighted by atomic mass is 32.2. The predicted octanol–water partition coefficient (Wildman–Crippen LogP) is 2.70. The third-order valence-corrected chi connectivity index (χ3v) is 6.09. The highest BCUT2D eigenvalue weighted by molar-refractivity contribution is 8.23. The van der Waals surface area contributed by atoms with Gasteiger partial charge < -0.3 is 10.3 Å². The Balaban J connectivity index is 1.86. The fourth-order valence-corrected chi connectivity index (χ4v) is 5.20. The van der Waals surface area contributed by atoms with E-state index in [0.29, 0.717) is 0 Å². The maximum Gasteiger partial charge on any atom is 0.138 e. The van der Waals surface area contributed by atoms with Crippen molar-refractivity contribution < 1.29 is 0 Å². The summed E-state index contributed by atoms with van der Waals surface area (Å²) in [7, 11) is -0.273. The Labute approximate surface area is 108 Å². The van der Waals surface area contributed by atoms with E-state index < -0.39 is 0 Å². The maximum absolute atomic E-state index is 4.38. The molecule has 1 atom stereocenters. The number of rotatable bonds is 1. The molecule has 0 aliphatic carbocycles. The van der Waals surface area contributed by atoms with Gasteiger partial charge in [0.25, 0.3) is 0 Å². The highest BCUT2D eigenvalue weighted by Gasteiger charge is 2.22. The Kier molecular flexibility index (Phi) is 2.31. The molecule has 0 radical (unpaired) electrons. The molecule has 3 nitrogen and oxygen atoms in total. The van der Waals surface area contributed by atoms with Gasteiger partial charge >= 0.3 is 0 Å². The van der Waals surface area contributed by atoms with E-state index in [-0.39, 0.29) is 10.9 Å². The Morgan fingerprint density at radius 3 is 3.28 bits per heavy atom. The minimum absolute atomic E-state index is 0.273. The van der Waals surface area contributed by atoms with E-state index in [1.54, 1.807) is 4.91 Å². The van der Waals surface area contributed by atoms with Crippen LogP contribution < -0.4 is 5.32 Å². The van der Waals surface area contributed by atoms with E-state index in [2.05, 4.69) is 38.9 Å². The van der Waals surface area contributed by atoms with Crippen LogP contribution in [-0.2, 0) is 0 Å². The zero-order valence-electron chi connectivity index (χ0n) is 9.98. The molecule has 18 heavy (non-hydrogen) atoms. The van der Waals surface area contributed by atoms with Crippen molar-refractivity contribution in [2.45, 2.75) is 11.3 Å². The van der Waals surface area contributed by atoms with Gasteiger partial charge in [-0.05, 0) is 41.0 Å². The van der Waals surface area contributed by atoms with Crippen molar-refractivity contribution in [3.8, 4) is 0 Å². The molecule has 0 fully saturated rings. The summed E-state index contributed by atoms with van der Waals surface area (Å²) in [6.07, 6.45) is 7.40. The summed E-state index contributed by atoms with van der Waals surface area (Å²) in [5.41, 5.74) is 2.51. The van der Waals surface area contributed by atoms with Gasteiger partial charge in [-0.3, -0.25) is 0 Å². The van der Waals surface area contributed by atoms with Crippen molar-refractivity contribution in [2.24, 2.45) is 0 Å². The molecule has 4 heteroatoms. The van der Waals surface area contributed by atoms with Crippen LogP contribution in [-0.4, -0.2) is 23.1 Å². The van der Waals surface area contributed by atoms with Crippen molar-refractivity contribution in [1.82, 2.24) is 15.3 Å². The number of hydrogen-bond donors (Lipinski definition) is 3. The normalized spacial score (nSPS) is 24.8. The number of thiol groups is 1. The largest absolute Gasteiger partial charge is 0.346 e. The van der Waals surface area contributed by atoms with Gasteiger partial charge in [-0.25, -0.2) is 4.98 Å². The van der Waals surface area contributed by atoms with Crippen LogP contribution >= 0.6 is 10.9 Å². The predicted molar refractivity (Wildman–Crippen MR) is 77.0 cm³/mol. The summed E-state index contributed by atoms with van der Waals surface area (Å²) >= 11 is 0. The molecule has 4 heterocycles. The van der Waals surface area contributed by atoms with Crippen LogP contribution in [0.4, 0.5) is 0 Å². The Bertz CT molecular complexity index is 668. The average Bonchev–Trinajstić information content (AvgIpc) is 3.05. The Hall–Kier alpha value is -1.52. The minimum Gasteiger partial charge on any atom is -0.346 e. The standard InChI is InChI=1S/C14H15N3S/c1-6-16-14-11(1)13(3-7-17-14)18-8-4-10-9-15-5-2-12(10)18/h1,3-4,6-8,15,18H,2,5,9H2,(H,16,17). The van der Waals surface area contributed by atoms with Crippen molar-refractivity contribution in [1.29, 1.82) is 0 Å². The summed E-state index contributed by atoms with van der Waals surface area (Å²) in [6, 6.07) is 4.33. The molecule has 2 aliphatic rings. The number of hydrogen-bond acceptors (Lipinski definition) is 2. The fraction of sp³-hybridized carbons (Fsp3) is 0.214. The van der Waals surface area contributed by atoms with Crippen molar-refractivity contribution in [3.05, 3.63) is 46.5 Å². The second kappa shape index (κ2) is 4.00. The van der Waals surface area contributed by atoms with E-state index in [0.717, 1.165) is 18.7 Å². The van der Waals surface area contributed by atoms with Crippen molar-refractivity contribution >= 4 is 21.9 Å². The second-order valence-electron chi connectivity index (χ2n) is 4.65. The average molecular weight is 257 g/mol. The monoisotopic (exact) mass is 257 g/mol.